The Morgan fingerprint density at radius 1 is 1.13 bits per heavy atom. The highest BCUT2D eigenvalue weighted by atomic mass is 32.1. The topological polar surface area (TPSA) is 60.9 Å². The first-order valence-corrected chi connectivity index (χ1v) is 11.6. The molecule has 0 spiro atoms. The van der Waals surface area contributed by atoms with Gasteiger partial charge in [0.2, 0.25) is 0 Å². The molecule has 0 aliphatic carbocycles. The average Bonchev–Trinajstić information content (AvgIpc) is 3.21. The number of aromatic nitrogens is 1. The van der Waals surface area contributed by atoms with Gasteiger partial charge in [-0.1, -0.05) is 24.7 Å². The molecule has 1 aliphatic heterocycles. The van der Waals surface area contributed by atoms with Gasteiger partial charge in [-0.05, 0) is 42.8 Å². The molecule has 31 heavy (non-hydrogen) atoms. The second-order valence-electron chi connectivity index (χ2n) is 7.65. The number of likely N-dealkylation sites (tertiary alicyclic amines) is 1. The van der Waals surface area contributed by atoms with Gasteiger partial charge in [0.1, 0.15) is 17.6 Å². The minimum Gasteiger partial charge on any atom is -0.497 e. The zero-order valence-electron chi connectivity index (χ0n) is 18.0. The quantitative estimate of drug-likeness (QED) is 0.453. The molecule has 0 N–H and O–H groups in total. The largest absolute Gasteiger partial charge is 0.497 e. The van der Waals surface area contributed by atoms with Gasteiger partial charge in [-0.3, -0.25) is 4.79 Å². The first-order chi connectivity index (χ1) is 15.2. The number of methoxy groups -OCH3 is 1. The second-order valence-corrected chi connectivity index (χ2v) is 8.64. The van der Waals surface area contributed by atoms with Crippen LogP contribution in [0.4, 0.5) is 0 Å². The van der Waals surface area contributed by atoms with Gasteiger partial charge in [0.25, 0.3) is 11.1 Å². The van der Waals surface area contributed by atoms with E-state index in [-0.39, 0.29) is 12.0 Å². The molecule has 0 radical (unpaired) electrons. The van der Waals surface area contributed by atoms with Crippen LogP contribution in [0.1, 0.15) is 43.0 Å². The molecular formula is C24H28N2O4S. The van der Waals surface area contributed by atoms with E-state index < -0.39 is 0 Å². The number of benzene rings is 2. The van der Waals surface area contributed by atoms with Gasteiger partial charge < -0.3 is 19.1 Å². The van der Waals surface area contributed by atoms with Gasteiger partial charge in [-0.15, -0.1) is 0 Å². The Labute approximate surface area is 186 Å². The Hall–Kier alpha value is -2.80. The number of ether oxygens (including phenoxy) is 3. The van der Waals surface area contributed by atoms with Crippen LogP contribution in [0, 0.1) is 0 Å². The van der Waals surface area contributed by atoms with Gasteiger partial charge in [0.05, 0.1) is 23.9 Å². The molecule has 3 aromatic rings. The number of unbranched alkanes of at least 4 members (excludes halogenated alkanes) is 1. The molecule has 2 aromatic carbocycles. The van der Waals surface area contributed by atoms with E-state index in [1.807, 2.05) is 47.4 Å². The maximum absolute atomic E-state index is 12.8. The Bertz CT molecular complexity index is 1010. The number of hydrogen-bond donors (Lipinski definition) is 0. The van der Waals surface area contributed by atoms with E-state index in [2.05, 4.69) is 11.9 Å². The molecule has 164 valence electrons. The summed E-state index contributed by atoms with van der Waals surface area (Å²) in [5.74, 6) is 1.66. The first kappa shape index (κ1) is 21.4. The third-order valence-electron chi connectivity index (χ3n) is 5.44. The van der Waals surface area contributed by atoms with Gasteiger partial charge >= 0.3 is 0 Å². The summed E-state index contributed by atoms with van der Waals surface area (Å²) >= 11 is 1.54. The Morgan fingerprint density at radius 3 is 2.58 bits per heavy atom. The van der Waals surface area contributed by atoms with Gasteiger partial charge in [-0.2, -0.15) is 0 Å². The fraction of sp³-hybridized carbons (Fsp3) is 0.417. The van der Waals surface area contributed by atoms with Gasteiger partial charge in [0, 0.05) is 37.6 Å². The summed E-state index contributed by atoms with van der Waals surface area (Å²) in [5, 5.41) is 0.673. The van der Waals surface area contributed by atoms with Gasteiger partial charge in [-0.25, -0.2) is 4.98 Å². The summed E-state index contributed by atoms with van der Waals surface area (Å²) in [6, 6.07) is 13.3. The Balaban J connectivity index is 1.29. The molecule has 6 nitrogen and oxygen atoms in total. The molecule has 1 aromatic heterocycles. The number of nitrogens with zero attached hydrogens (tertiary/aromatic N) is 2. The summed E-state index contributed by atoms with van der Waals surface area (Å²) in [6.45, 7) is 4.20. The molecule has 0 atom stereocenters. The second kappa shape index (κ2) is 10.0. The monoisotopic (exact) mass is 440 g/mol. The highest BCUT2D eigenvalue weighted by Crippen LogP contribution is 2.32. The Kier molecular flexibility index (Phi) is 6.92. The van der Waals surface area contributed by atoms with Crippen molar-refractivity contribution in [3.05, 3.63) is 48.0 Å². The smallest absolute Gasteiger partial charge is 0.274 e. The van der Waals surface area contributed by atoms with Crippen molar-refractivity contribution in [1.29, 1.82) is 0 Å². The fourth-order valence-corrected chi connectivity index (χ4v) is 4.45. The van der Waals surface area contributed by atoms with Crippen molar-refractivity contribution in [3.8, 4) is 16.7 Å². The van der Waals surface area contributed by atoms with Crippen LogP contribution < -0.4 is 14.2 Å². The molecule has 0 saturated carbocycles. The lowest BCUT2D eigenvalue weighted by Gasteiger charge is -2.31. The number of carbonyl (C=O) groups is 1. The average molecular weight is 441 g/mol. The van der Waals surface area contributed by atoms with Crippen LogP contribution in [0.5, 0.6) is 16.7 Å². The van der Waals surface area contributed by atoms with Crippen molar-refractivity contribution in [2.24, 2.45) is 0 Å². The van der Waals surface area contributed by atoms with E-state index in [0.717, 1.165) is 47.4 Å². The molecule has 0 bridgehead atoms. The summed E-state index contributed by atoms with van der Waals surface area (Å²) < 4.78 is 18.1. The molecule has 1 saturated heterocycles. The molecule has 1 amide bonds. The maximum Gasteiger partial charge on any atom is 0.274 e. The highest BCUT2D eigenvalue weighted by Gasteiger charge is 2.25. The van der Waals surface area contributed by atoms with Crippen LogP contribution in [-0.2, 0) is 0 Å². The summed E-state index contributed by atoms with van der Waals surface area (Å²) in [7, 11) is 1.65. The summed E-state index contributed by atoms with van der Waals surface area (Å²) in [6.07, 6.45) is 3.79. The standard InChI is InChI=1S/C24H28N2O4S/c1-3-4-15-29-18-7-5-17(6-8-18)23(27)26-13-11-19(12-14-26)30-24-25-21-16-20(28-2)9-10-22(21)31-24/h5-10,16,19H,3-4,11-15H2,1-2H3. The maximum atomic E-state index is 12.8. The van der Waals surface area contributed by atoms with E-state index in [1.165, 1.54) is 0 Å². The van der Waals surface area contributed by atoms with Crippen molar-refractivity contribution in [3.63, 3.8) is 0 Å². The minimum absolute atomic E-state index is 0.0608. The molecular weight excluding hydrogens is 412 g/mol. The van der Waals surface area contributed by atoms with E-state index in [9.17, 15) is 4.79 Å². The van der Waals surface area contributed by atoms with Crippen LogP contribution in [0.3, 0.4) is 0 Å². The van der Waals surface area contributed by atoms with E-state index in [0.29, 0.717) is 30.5 Å². The van der Waals surface area contributed by atoms with Crippen LogP contribution in [-0.4, -0.2) is 48.7 Å². The SMILES string of the molecule is CCCCOc1ccc(C(=O)N2CCC(Oc3nc4cc(OC)ccc4s3)CC2)cc1. The molecule has 1 aliphatic rings. The number of rotatable bonds is 8. The molecule has 7 heteroatoms. The minimum atomic E-state index is 0.0608. The van der Waals surface area contributed by atoms with Gasteiger partial charge in [0.15, 0.2) is 0 Å². The lowest BCUT2D eigenvalue weighted by molar-refractivity contribution is 0.0595. The number of hydrogen-bond acceptors (Lipinski definition) is 6. The summed E-state index contributed by atoms with van der Waals surface area (Å²) in [5.41, 5.74) is 1.58. The number of piperidine rings is 1. The van der Waals surface area contributed by atoms with E-state index in [1.54, 1.807) is 18.4 Å². The number of amides is 1. The fourth-order valence-electron chi connectivity index (χ4n) is 3.59. The lowest BCUT2D eigenvalue weighted by Crippen LogP contribution is -2.41. The van der Waals surface area contributed by atoms with Crippen molar-refractivity contribution >= 4 is 27.5 Å². The van der Waals surface area contributed by atoms with Crippen molar-refractivity contribution in [1.82, 2.24) is 9.88 Å². The predicted molar refractivity (Wildman–Crippen MR) is 123 cm³/mol. The highest BCUT2D eigenvalue weighted by molar-refractivity contribution is 7.20. The predicted octanol–water partition coefficient (Wildman–Crippen LogP) is 5.17. The number of thiazole rings is 1. The zero-order valence-corrected chi connectivity index (χ0v) is 18.8. The zero-order chi connectivity index (χ0) is 21.6. The third kappa shape index (κ3) is 5.28. The van der Waals surface area contributed by atoms with Crippen LogP contribution >= 0.6 is 11.3 Å². The van der Waals surface area contributed by atoms with E-state index >= 15 is 0 Å². The molecule has 4 rings (SSSR count). The molecule has 1 fully saturated rings. The van der Waals surface area contributed by atoms with Crippen LogP contribution in [0.2, 0.25) is 0 Å². The normalized spacial score (nSPS) is 14.6. The van der Waals surface area contributed by atoms with E-state index in [4.69, 9.17) is 14.2 Å². The van der Waals surface area contributed by atoms with Crippen molar-refractivity contribution < 1.29 is 19.0 Å². The number of carbonyl (C=O) groups excluding carboxylic acids is 1. The Morgan fingerprint density at radius 2 is 1.87 bits per heavy atom. The number of fused-ring (bicyclic) bond motifs is 1. The molecule has 0 unspecified atom stereocenters. The van der Waals surface area contributed by atoms with Crippen LogP contribution in [0.25, 0.3) is 10.2 Å². The van der Waals surface area contributed by atoms with Crippen LogP contribution in [0.15, 0.2) is 42.5 Å². The van der Waals surface area contributed by atoms with Crippen molar-refractivity contribution in [2.75, 3.05) is 26.8 Å². The first-order valence-electron chi connectivity index (χ1n) is 10.8. The van der Waals surface area contributed by atoms with Crippen molar-refractivity contribution in [2.45, 2.75) is 38.7 Å². The molecule has 2 heterocycles. The lowest BCUT2D eigenvalue weighted by atomic mass is 10.1. The summed E-state index contributed by atoms with van der Waals surface area (Å²) in [4.78, 5) is 19.3. The third-order valence-corrected chi connectivity index (χ3v) is 6.37.